The zero-order valence-corrected chi connectivity index (χ0v) is 33.7. The van der Waals surface area contributed by atoms with E-state index in [-0.39, 0.29) is 29.6 Å². The number of sulfonamides is 1. The van der Waals surface area contributed by atoms with Crippen molar-refractivity contribution in [2.45, 2.75) is 52.5 Å². The number of rotatable bonds is 18. The van der Waals surface area contributed by atoms with Crippen LogP contribution in [-0.4, -0.2) is 51.3 Å². The van der Waals surface area contributed by atoms with Gasteiger partial charge in [-0.15, -0.1) is 0 Å². The van der Waals surface area contributed by atoms with Crippen LogP contribution in [0.25, 0.3) is 28.9 Å². The van der Waals surface area contributed by atoms with E-state index in [1.165, 1.54) is 24.0 Å². The molecular weight excluding hydrogens is 738 g/mol. The fourth-order valence-corrected chi connectivity index (χ4v) is 8.21. The molecule has 4 aromatic carbocycles. The van der Waals surface area contributed by atoms with Crippen LogP contribution >= 0.6 is 7.60 Å². The zero-order chi connectivity index (χ0) is 39.6. The number of benzene rings is 4. The highest BCUT2D eigenvalue weighted by atomic mass is 32.2. The summed E-state index contributed by atoms with van der Waals surface area (Å²) in [5.74, 6) is 1.78. The maximum atomic E-state index is 13.1. The van der Waals surface area contributed by atoms with E-state index >= 15 is 0 Å². The van der Waals surface area contributed by atoms with Gasteiger partial charge in [0, 0.05) is 42.6 Å². The normalized spacial score (nSPS) is 12.0. The molecule has 0 saturated heterocycles. The van der Waals surface area contributed by atoms with Crippen molar-refractivity contribution in [3.63, 3.8) is 0 Å². The number of carbonyl (C=O) groups is 1. The minimum absolute atomic E-state index is 0.0307. The van der Waals surface area contributed by atoms with Crippen LogP contribution in [0.15, 0.2) is 106 Å². The van der Waals surface area contributed by atoms with Gasteiger partial charge in [0.2, 0.25) is 5.82 Å². The van der Waals surface area contributed by atoms with Crippen molar-refractivity contribution in [2.75, 3.05) is 37.0 Å². The molecule has 0 spiro atoms. The molecule has 290 valence electrons. The third-order valence-electron chi connectivity index (χ3n) is 8.65. The third-order valence-corrected chi connectivity index (χ3v) is 11.9. The monoisotopic (exact) mass is 785 g/mol. The van der Waals surface area contributed by atoms with Crippen LogP contribution in [0.3, 0.4) is 0 Å². The molecule has 5 aromatic rings. The first-order valence-corrected chi connectivity index (χ1v) is 21.2. The van der Waals surface area contributed by atoms with E-state index in [1.807, 2.05) is 42.5 Å². The molecule has 0 unspecified atom stereocenters. The largest absolute Gasteiger partial charge is 0.379 e. The van der Waals surface area contributed by atoms with Crippen LogP contribution in [0.2, 0.25) is 0 Å². The minimum atomic E-state index is -4.09. The summed E-state index contributed by atoms with van der Waals surface area (Å²) in [5, 5.41) is 7.82. The number of amides is 1. The minimum Gasteiger partial charge on any atom is -0.379 e. The van der Waals surface area contributed by atoms with Crippen molar-refractivity contribution < 1.29 is 31.3 Å². The summed E-state index contributed by atoms with van der Waals surface area (Å²) >= 11 is 0. The van der Waals surface area contributed by atoms with Crippen LogP contribution in [0.1, 0.15) is 61.2 Å². The lowest BCUT2D eigenvalue weighted by molar-refractivity contribution is 0.0981. The molecule has 55 heavy (non-hydrogen) atoms. The predicted molar refractivity (Wildman–Crippen MR) is 217 cm³/mol. The van der Waals surface area contributed by atoms with Crippen molar-refractivity contribution in [3.05, 3.63) is 119 Å². The van der Waals surface area contributed by atoms with Crippen LogP contribution < -0.4 is 14.9 Å². The fraction of sp³-hybridized carbons (Fsp3) is 0.293. The molecule has 0 saturated carbocycles. The van der Waals surface area contributed by atoms with Crippen molar-refractivity contribution in [2.24, 2.45) is 5.92 Å². The van der Waals surface area contributed by atoms with E-state index in [4.69, 9.17) is 13.6 Å². The SMILES string of the molecule is CCOP(=O)(/C=C/c1ccc(CNc2cc(-c3noc(-c4cccc(C(=O)NS(=O)(=O)c5ccccc5C)c4)n3)ccc2N(C)CCC(C)C)cc1)OCC. The second-order valence-corrected chi connectivity index (χ2v) is 16.9. The second kappa shape index (κ2) is 18.5. The van der Waals surface area contributed by atoms with Gasteiger partial charge in [-0.2, -0.15) is 4.98 Å². The molecule has 2 N–H and O–H groups in total. The summed E-state index contributed by atoms with van der Waals surface area (Å²) < 4.78 is 57.2. The van der Waals surface area contributed by atoms with Gasteiger partial charge in [-0.25, -0.2) is 13.1 Å². The van der Waals surface area contributed by atoms with Gasteiger partial charge in [-0.3, -0.25) is 9.36 Å². The van der Waals surface area contributed by atoms with Crippen LogP contribution in [0.5, 0.6) is 0 Å². The van der Waals surface area contributed by atoms with E-state index < -0.39 is 23.5 Å². The molecule has 1 aromatic heterocycles. The highest BCUT2D eigenvalue weighted by molar-refractivity contribution is 7.90. The topological polar surface area (TPSA) is 153 Å². The van der Waals surface area contributed by atoms with Crippen molar-refractivity contribution in [1.29, 1.82) is 0 Å². The number of hydrogen-bond donors (Lipinski definition) is 2. The molecule has 0 bridgehead atoms. The lowest BCUT2D eigenvalue weighted by atomic mass is 10.1. The average molecular weight is 786 g/mol. The summed E-state index contributed by atoms with van der Waals surface area (Å²) in [4.78, 5) is 19.9. The number of nitrogens with zero attached hydrogens (tertiary/aromatic N) is 3. The van der Waals surface area contributed by atoms with Gasteiger partial charge in [0.1, 0.15) is 0 Å². The van der Waals surface area contributed by atoms with Crippen LogP contribution in [0, 0.1) is 12.8 Å². The molecule has 12 nitrogen and oxygen atoms in total. The molecule has 0 radical (unpaired) electrons. The van der Waals surface area contributed by atoms with Crippen LogP contribution in [-0.2, 0) is 30.2 Å². The van der Waals surface area contributed by atoms with E-state index in [2.05, 4.69) is 46.0 Å². The Bertz CT molecular complexity index is 2260. The van der Waals surface area contributed by atoms with E-state index in [9.17, 15) is 17.8 Å². The van der Waals surface area contributed by atoms with Crippen LogP contribution in [0.4, 0.5) is 11.4 Å². The fourth-order valence-electron chi connectivity index (χ4n) is 5.67. The average Bonchev–Trinajstić information content (AvgIpc) is 3.67. The van der Waals surface area contributed by atoms with E-state index in [1.54, 1.807) is 57.2 Å². The number of hydrogen-bond acceptors (Lipinski definition) is 11. The summed E-state index contributed by atoms with van der Waals surface area (Å²) in [6, 6.07) is 26.7. The molecule has 0 atom stereocenters. The number of nitrogens with one attached hydrogen (secondary N) is 2. The quantitative estimate of drug-likeness (QED) is 0.0818. The first-order valence-electron chi connectivity index (χ1n) is 18.1. The second-order valence-electron chi connectivity index (χ2n) is 13.3. The maximum absolute atomic E-state index is 13.1. The molecule has 0 aliphatic carbocycles. The number of carbonyl (C=O) groups excluding carboxylic acids is 1. The smallest absolute Gasteiger partial charge is 0.354 e. The Morgan fingerprint density at radius 1 is 0.945 bits per heavy atom. The molecule has 0 fully saturated rings. The van der Waals surface area contributed by atoms with Gasteiger partial charge >= 0.3 is 7.60 Å². The lowest BCUT2D eigenvalue weighted by Crippen LogP contribution is -2.31. The molecular formula is C41H48N5O7PS. The summed E-state index contributed by atoms with van der Waals surface area (Å²) in [6.07, 6.45) is 2.77. The molecule has 0 aliphatic rings. The summed E-state index contributed by atoms with van der Waals surface area (Å²) in [6.45, 7) is 11.6. The van der Waals surface area contributed by atoms with Gasteiger partial charge in [0.25, 0.3) is 21.8 Å². The lowest BCUT2D eigenvalue weighted by Gasteiger charge is -2.24. The van der Waals surface area contributed by atoms with Crippen molar-refractivity contribution in [1.82, 2.24) is 14.9 Å². The van der Waals surface area contributed by atoms with E-state index in [0.717, 1.165) is 35.5 Å². The van der Waals surface area contributed by atoms with Gasteiger partial charge in [-0.05, 0) is 98.3 Å². The predicted octanol–water partition coefficient (Wildman–Crippen LogP) is 9.16. The Hall–Kier alpha value is -5.07. The Balaban J connectivity index is 1.35. The maximum Gasteiger partial charge on any atom is 0.354 e. The molecule has 5 rings (SSSR count). The van der Waals surface area contributed by atoms with E-state index in [0.29, 0.717) is 35.0 Å². The highest BCUT2D eigenvalue weighted by Gasteiger charge is 2.22. The zero-order valence-electron chi connectivity index (χ0n) is 32.0. The first kappa shape index (κ1) is 41.1. The molecule has 14 heteroatoms. The Morgan fingerprint density at radius 2 is 1.67 bits per heavy atom. The molecule has 0 aliphatic heterocycles. The number of anilines is 2. The van der Waals surface area contributed by atoms with Gasteiger partial charge in [-0.1, -0.05) is 67.5 Å². The Kier molecular flexibility index (Phi) is 13.8. The standard InChI is InChI=1S/C41H48N5O7PS/c1-7-51-54(48,52-8-2)25-23-31-16-18-32(19-17-31)28-42-36-27-33(20-21-37(36)46(6)24-22-29(3)4)39-43-41(53-44-39)35-14-11-13-34(26-35)40(47)45-55(49,50)38-15-10-9-12-30(38)5/h9-21,23,25-27,29,42H,7-8,22,24,28H2,1-6H3,(H,45,47)/b25-23+. The van der Waals surface area contributed by atoms with Gasteiger partial charge < -0.3 is 23.8 Å². The van der Waals surface area contributed by atoms with Crippen molar-refractivity contribution in [3.8, 4) is 22.8 Å². The number of aromatic nitrogens is 2. The Morgan fingerprint density at radius 3 is 2.36 bits per heavy atom. The first-order chi connectivity index (χ1) is 26.3. The molecule has 1 amide bonds. The summed E-state index contributed by atoms with van der Waals surface area (Å²) in [7, 11) is -5.32. The highest BCUT2D eigenvalue weighted by Crippen LogP contribution is 2.50. The Labute approximate surface area is 323 Å². The molecule has 1 heterocycles. The third kappa shape index (κ3) is 11.0. The van der Waals surface area contributed by atoms with Gasteiger partial charge in [0.15, 0.2) is 0 Å². The van der Waals surface area contributed by atoms with Gasteiger partial charge in [0.05, 0.1) is 29.5 Å². The summed E-state index contributed by atoms with van der Waals surface area (Å²) in [5.41, 5.74) is 5.60. The number of aryl methyl sites for hydroxylation is 1. The van der Waals surface area contributed by atoms with Crippen molar-refractivity contribution >= 4 is 41.0 Å².